The van der Waals surface area contributed by atoms with E-state index in [2.05, 4.69) is 47.3 Å². The average Bonchev–Trinajstić information content (AvgIpc) is 2.72. The Bertz CT molecular complexity index is 993. The van der Waals surface area contributed by atoms with Gasteiger partial charge in [0.1, 0.15) is 5.69 Å². The zero-order chi connectivity index (χ0) is 19.9. The van der Waals surface area contributed by atoms with E-state index in [1.807, 2.05) is 24.3 Å². The highest BCUT2D eigenvalue weighted by atomic mass is 16.1. The lowest BCUT2D eigenvalue weighted by atomic mass is 10.1. The molecule has 0 aliphatic heterocycles. The number of nitrogens with one attached hydrogen (secondary N) is 1. The van der Waals surface area contributed by atoms with E-state index in [1.54, 1.807) is 36.5 Å². The van der Waals surface area contributed by atoms with Crippen LogP contribution >= 0.6 is 0 Å². The van der Waals surface area contributed by atoms with Gasteiger partial charge in [-0.15, -0.1) is 0 Å². The van der Waals surface area contributed by atoms with Crippen LogP contribution in [0, 0.1) is 11.3 Å². The van der Waals surface area contributed by atoms with Gasteiger partial charge in [0, 0.05) is 30.2 Å². The second-order valence-corrected chi connectivity index (χ2v) is 6.75. The maximum absolute atomic E-state index is 12.6. The van der Waals surface area contributed by atoms with Gasteiger partial charge in [-0.3, -0.25) is 9.78 Å². The monoisotopic (exact) mass is 370 g/mol. The highest BCUT2D eigenvalue weighted by Gasteiger charge is 2.15. The summed E-state index contributed by atoms with van der Waals surface area (Å²) in [6.07, 6.45) is 1.65. The summed E-state index contributed by atoms with van der Waals surface area (Å²) >= 11 is 0. The molecule has 0 saturated carbocycles. The molecule has 3 aromatic rings. The second kappa shape index (κ2) is 8.83. The van der Waals surface area contributed by atoms with Gasteiger partial charge in [0.15, 0.2) is 0 Å². The fraction of sp³-hybridized carbons (Fsp3) is 0.174. The number of amides is 1. The number of aromatic nitrogens is 1. The topological polar surface area (TPSA) is 69.0 Å². The van der Waals surface area contributed by atoms with Crippen molar-refractivity contribution >= 4 is 17.3 Å². The molecule has 1 heterocycles. The minimum Gasteiger partial charge on any atom is -0.365 e. The standard InChI is InChI=1S/C23H22N4O/c1-17(2)27(16-18-7-4-3-5-8-18)21-11-12-25-22(14-21)23(28)26-20-10-6-9-19(13-20)15-24/h3-14,17H,16H2,1-2H3,(H,26,28). The van der Waals surface area contributed by atoms with Crippen LogP contribution < -0.4 is 10.2 Å². The molecular weight excluding hydrogens is 348 g/mol. The lowest BCUT2D eigenvalue weighted by molar-refractivity contribution is 0.102. The third-order valence-electron chi connectivity index (χ3n) is 4.38. The third-order valence-corrected chi connectivity index (χ3v) is 4.38. The number of benzene rings is 2. The number of carbonyl (C=O) groups is 1. The molecule has 0 bridgehead atoms. The van der Waals surface area contributed by atoms with Crippen LogP contribution in [0.15, 0.2) is 72.9 Å². The van der Waals surface area contributed by atoms with E-state index in [4.69, 9.17) is 5.26 Å². The molecule has 0 aliphatic rings. The summed E-state index contributed by atoms with van der Waals surface area (Å²) in [4.78, 5) is 19.1. The Morgan fingerprint density at radius 3 is 2.61 bits per heavy atom. The number of carbonyl (C=O) groups excluding carboxylic acids is 1. The second-order valence-electron chi connectivity index (χ2n) is 6.75. The molecule has 1 N–H and O–H groups in total. The number of rotatable bonds is 6. The summed E-state index contributed by atoms with van der Waals surface area (Å²) in [6, 6.07) is 23.1. The van der Waals surface area contributed by atoms with Crippen molar-refractivity contribution in [3.05, 3.63) is 89.7 Å². The van der Waals surface area contributed by atoms with Gasteiger partial charge in [0.2, 0.25) is 0 Å². The highest BCUT2D eigenvalue weighted by Crippen LogP contribution is 2.21. The first-order valence-electron chi connectivity index (χ1n) is 9.15. The molecule has 1 amide bonds. The van der Waals surface area contributed by atoms with Crippen molar-refractivity contribution in [3.63, 3.8) is 0 Å². The van der Waals surface area contributed by atoms with Crippen LogP contribution in [-0.2, 0) is 6.54 Å². The quantitative estimate of drug-likeness (QED) is 0.687. The smallest absolute Gasteiger partial charge is 0.274 e. The number of hydrogen-bond donors (Lipinski definition) is 1. The number of nitrogens with zero attached hydrogens (tertiary/aromatic N) is 3. The van der Waals surface area contributed by atoms with Crippen LogP contribution in [0.1, 0.15) is 35.5 Å². The Labute approximate surface area is 165 Å². The predicted octanol–water partition coefficient (Wildman–Crippen LogP) is 4.62. The van der Waals surface area contributed by atoms with E-state index in [0.29, 0.717) is 16.9 Å². The van der Waals surface area contributed by atoms with Crippen molar-refractivity contribution < 1.29 is 4.79 Å². The summed E-state index contributed by atoms with van der Waals surface area (Å²) in [7, 11) is 0. The lowest BCUT2D eigenvalue weighted by Crippen LogP contribution is -2.30. The third kappa shape index (κ3) is 4.74. The van der Waals surface area contributed by atoms with E-state index in [-0.39, 0.29) is 11.9 Å². The van der Waals surface area contributed by atoms with Crippen LogP contribution in [0.25, 0.3) is 0 Å². The molecule has 0 atom stereocenters. The number of hydrogen-bond acceptors (Lipinski definition) is 4. The van der Waals surface area contributed by atoms with E-state index in [0.717, 1.165) is 12.2 Å². The summed E-state index contributed by atoms with van der Waals surface area (Å²) in [6.45, 7) is 4.99. The SMILES string of the molecule is CC(C)N(Cc1ccccc1)c1ccnc(C(=O)Nc2cccc(C#N)c2)c1. The van der Waals surface area contributed by atoms with Crippen molar-refractivity contribution in [1.82, 2.24) is 4.98 Å². The zero-order valence-electron chi connectivity index (χ0n) is 16.0. The first-order chi connectivity index (χ1) is 13.6. The Morgan fingerprint density at radius 2 is 1.89 bits per heavy atom. The van der Waals surface area contributed by atoms with Gasteiger partial charge in [-0.25, -0.2) is 0 Å². The molecule has 0 aliphatic carbocycles. The van der Waals surface area contributed by atoms with Crippen molar-refractivity contribution in [1.29, 1.82) is 5.26 Å². The van der Waals surface area contributed by atoms with Crippen LogP contribution in [0.4, 0.5) is 11.4 Å². The molecular formula is C23H22N4O. The van der Waals surface area contributed by atoms with Crippen LogP contribution in [0.3, 0.4) is 0 Å². The molecule has 5 nitrogen and oxygen atoms in total. The van der Waals surface area contributed by atoms with Gasteiger partial charge in [-0.1, -0.05) is 36.4 Å². The molecule has 0 spiro atoms. The Morgan fingerprint density at radius 1 is 1.11 bits per heavy atom. The molecule has 0 unspecified atom stereocenters. The van der Waals surface area contributed by atoms with E-state index in [9.17, 15) is 4.79 Å². The Kier molecular flexibility index (Phi) is 6.03. The molecule has 28 heavy (non-hydrogen) atoms. The van der Waals surface area contributed by atoms with Gasteiger partial charge < -0.3 is 10.2 Å². The first-order valence-corrected chi connectivity index (χ1v) is 9.15. The fourth-order valence-electron chi connectivity index (χ4n) is 2.94. The number of anilines is 2. The summed E-state index contributed by atoms with van der Waals surface area (Å²) in [5.74, 6) is -0.305. The molecule has 0 radical (unpaired) electrons. The number of nitriles is 1. The van der Waals surface area contributed by atoms with Crippen molar-refractivity contribution in [3.8, 4) is 6.07 Å². The largest absolute Gasteiger partial charge is 0.365 e. The Balaban J connectivity index is 1.81. The molecule has 0 saturated heterocycles. The lowest BCUT2D eigenvalue weighted by Gasteiger charge is -2.29. The fourth-order valence-corrected chi connectivity index (χ4v) is 2.94. The van der Waals surface area contributed by atoms with Crippen molar-refractivity contribution in [2.24, 2.45) is 0 Å². The molecule has 0 fully saturated rings. The van der Waals surface area contributed by atoms with E-state index in [1.165, 1.54) is 5.56 Å². The van der Waals surface area contributed by atoms with E-state index < -0.39 is 0 Å². The summed E-state index contributed by atoms with van der Waals surface area (Å²) in [5.41, 5.74) is 3.53. The van der Waals surface area contributed by atoms with Crippen LogP contribution in [-0.4, -0.2) is 16.9 Å². The van der Waals surface area contributed by atoms with Gasteiger partial charge in [0.05, 0.1) is 11.6 Å². The maximum Gasteiger partial charge on any atom is 0.274 e. The van der Waals surface area contributed by atoms with Gasteiger partial charge in [-0.05, 0) is 49.7 Å². The molecule has 1 aromatic heterocycles. The molecule has 5 heteroatoms. The van der Waals surface area contributed by atoms with Crippen LogP contribution in [0.5, 0.6) is 0 Å². The van der Waals surface area contributed by atoms with Crippen molar-refractivity contribution in [2.75, 3.05) is 10.2 Å². The van der Waals surface area contributed by atoms with Crippen molar-refractivity contribution in [2.45, 2.75) is 26.4 Å². The predicted molar refractivity (Wildman–Crippen MR) is 111 cm³/mol. The normalized spacial score (nSPS) is 10.4. The van der Waals surface area contributed by atoms with E-state index >= 15 is 0 Å². The maximum atomic E-state index is 12.6. The minimum absolute atomic E-state index is 0.255. The van der Waals surface area contributed by atoms with Gasteiger partial charge in [-0.2, -0.15) is 5.26 Å². The summed E-state index contributed by atoms with van der Waals surface area (Å²) < 4.78 is 0. The molecule has 3 rings (SSSR count). The van der Waals surface area contributed by atoms with Gasteiger partial charge in [0.25, 0.3) is 5.91 Å². The minimum atomic E-state index is -0.305. The van der Waals surface area contributed by atoms with Gasteiger partial charge >= 0.3 is 0 Å². The zero-order valence-corrected chi connectivity index (χ0v) is 16.0. The van der Waals surface area contributed by atoms with Crippen LogP contribution in [0.2, 0.25) is 0 Å². The number of pyridine rings is 1. The summed E-state index contributed by atoms with van der Waals surface area (Å²) in [5, 5.41) is 11.8. The Hall–Kier alpha value is -3.65. The molecule has 2 aromatic carbocycles. The molecule has 140 valence electrons. The highest BCUT2D eigenvalue weighted by molar-refractivity contribution is 6.03. The average molecular weight is 370 g/mol. The first kappa shape index (κ1) is 19.1.